The van der Waals surface area contributed by atoms with E-state index in [0.717, 1.165) is 18.7 Å². The van der Waals surface area contributed by atoms with Crippen LogP contribution in [0.5, 0.6) is 0 Å². The second-order valence-corrected chi connectivity index (χ2v) is 5.84. The number of nitrogens with one attached hydrogen (secondary N) is 1. The molecule has 1 unspecified atom stereocenters. The fourth-order valence-corrected chi connectivity index (χ4v) is 2.64. The fraction of sp³-hybridized carbons (Fsp3) is 0.571. The minimum atomic E-state index is -0.937. The van der Waals surface area contributed by atoms with E-state index in [1.165, 1.54) is 19.0 Å². The van der Waals surface area contributed by atoms with Crippen LogP contribution >= 0.6 is 0 Å². The van der Waals surface area contributed by atoms with Gasteiger partial charge in [0, 0.05) is 12.2 Å². The number of hydrogen-bond donors (Lipinski definition) is 2. The Labute approximate surface area is 107 Å². The van der Waals surface area contributed by atoms with E-state index in [-0.39, 0.29) is 5.56 Å². The Hall–Kier alpha value is -1.58. The molecule has 2 N–H and O–H groups in total. The summed E-state index contributed by atoms with van der Waals surface area (Å²) in [6.45, 7) is 4.59. The SMILES string of the molecule is CC1(C)CCCC(Nc2ccc(C(=O)O)cn2)C1. The number of nitrogens with zero attached hydrogens (tertiary/aromatic N) is 1. The van der Waals surface area contributed by atoms with Crippen LogP contribution in [0.15, 0.2) is 18.3 Å². The topological polar surface area (TPSA) is 62.2 Å². The van der Waals surface area contributed by atoms with Gasteiger partial charge >= 0.3 is 5.97 Å². The van der Waals surface area contributed by atoms with E-state index < -0.39 is 5.97 Å². The van der Waals surface area contributed by atoms with Crippen LogP contribution in [-0.2, 0) is 0 Å². The first-order valence-corrected chi connectivity index (χ1v) is 6.42. The molecule has 0 bridgehead atoms. The van der Waals surface area contributed by atoms with Gasteiger partial charge < -0.3 is 10.4 Å². The summed E-state index contributed by atoms with van der Waals surface area (Å²) in [6.07, 6.45) is 6.20. The fourth-order valence-electron chi connectivity index (χ4n) is 2.64. The van der Waals surface area contributed by atoms with Crippen molar-refractivity contribution in [3.8, 4) is 0 Å². The molecule has 98 valence electrons. The maximum atomic E-state index is 10.7. The Morgan fingerprint density at radius 1 is 1.50 bits per heavy atom. The molecule has 2 rings (SSSR count). The lowest BCUT2D eigenvalue weighted by Gasteiger charge is -2.35. The van der Waals surface area contributed by atoms with Gasteiger partial charge in [-0.2, -0.15) is 0 Å². The summed E-state index contributed by atoms with van der Waals surface area (Å²) < 4.78 is 0. The van der Waals surface area contributed by atoms with Gasteiger partial charge in [0.1, 0.15) is 5.82 Å². The minimum Gasteiger partial charge on any atom is -0.478 e. The van der Waals surface area contributed by atoms with Crippen LogP contribution < -0.4 is 5.32 Å². The zero-order valence-corrected chi connectivity index (χ0v) is 10.9. The number of carboxylic acids is 1. The third-order valence-corrected chi connectivity index (χ3v) is 3.57. The molecule has 1 aromatic rings. The highest BCUT2D eigenvalue weighted by Crippen LogP contribution is 2.36. The highest BCUT2D eigenvalue weighted by Gasteiger charge is 2.27. The molecule has 1 heterocycles. The molecule has 4 nitrogen and oxygen atoms in total. The molecule has 1 aromatic heterocycles. The van der Waals surface area contributed by atoms with Crippen LogP contribution in [0.4, 0.5) is 5.82 Å². The molecule has 0 aromatic carbocycles. The zero-order valence-electron chi connectivity index (χ0n) is 10.9. The number of rotatable bonds is 3. The second-order valence-electron chi connectivity index (χ2n) is 5.84. The summed E-state index contributed by atoms with van der Waals surface area (Å²) in [4.78, 5) is 14.9. The number of carboxylic acid groups (broad SMARTS) is 1. The standard InChI is InChI=1S/C14H20N2O2/c1-14(2)7-3-4-11(8-14)16-12-6-5-10(9-15-12)13(17)18/h5-6,9,11H,3-4,7-8H2,1-2H3,(H,15,16)(H,17,18). The molecular formula is C14H20N2O2. The third kappa shape index (κ3) is 3.22. The van der Waals surface area contributed by atoms with Crippen LogP contribution in [0, 0.1) is 5.41 Å². The lowest BCUT2D eigenvalue weighted by atomic mass is 9.75. The van der Waals surface area contributed by atoms with E-state index in [9.17, 15) is 4.79 Å². The lowest BCUT2D eigenvalue weighted by Crippen LogP contribution is -2.32. The van der Waals surface area contributed by atoms with E-state index in [2.05, 4.69) is 24.1 Å². The largest absolute Gasteiger partial charge is 0.478 e. The molecule has 0 aliphatic heterocycles. The van der Waals surface area contributed by atoms with Crippen molar-refractivity contribution in [2.24, 2.45) is 5.41 Å². The summed E-state index contributed by atoms with van der Waals surface area (Å²) in [5.74, 6) is -0.171. The molecule has 1 atom stereocenters. The lowest BCUT2D eigenvalue weighted by molar-refractivity contribution is 0.0696. The van der Waals surface area contributed by atoms with E-state index in [0.29, 0.717) is 11.5 Å². The number of aromatic carboxylic acids is 1. The first-order chi connectivity index (χ1) is 8.46. The third-order valence-electron chi connectivity index (χ3n) is 3.57. The summed E-state index contributed by atoms with van der Waals surface area (Å²) in [6, 6.07) is 3.77. The smallest absolute Gasteiger partial charge is 0.337 e. The van der Waals surface area contributed by atoms with Gasteiger partial charge in [-0.1, -0.05) is 20.3 Å². The van der Waals surface area contributed by atoms with Crippen LogP contribution in [0.3, 0.4) is 0 Å². The molecule has 1 aliphatic carbocycles. The first kappa shape index (κ1) is 12.9. The molecule has 1 fully saturated rings. The van der Waals surface area contributed by atoms with E-state index >= 15 is 0 Å². The van der Waals surface area contributed by atoms with Gasteiger partial charge in [-0.05, 0) is 36.8 Å². The Kier molecular flexibility index (Phi) is 3.55. The highest BCUT2D eigenvalue weighted by molar-refractivity contribution is 5.87. The maximum Gasteiger partial charge on any atom is 0.337 e. The van der Waals surface area contributed by atoms with Crippen molar-refractivity contribution in [1.82, 2.24) is 4.98 Å². The quantitative estimate of drug-likeness (QED) is 0.862. The van der Waals surface area contributed by atoms with Crippen LogP contribution in [0.25, 0.3) is 0 Å². The van der Waals surface area contributed by atoms with Gasteiger partial charge in [-0.3, -0.25) is 0 Å². The maximum absolute atomic E-state index is 10.7. The number of carbonyl (C=O) groups is 1. The van der Waals surface area contributed by atoms with E-state index in [4.69, 9.17) is 5.11 Å². The molecule has 0 radical (unpaired) electrons. The average molecular weight is 248 g/mol. The molecule has 0 amide bonds. The van der Waals surface area contributed by atoms with E-state index in [1.54, 1.807) is 12.1 Å². The highest BCUT2D eigenvalue weighted by atomic mass is 16.4. The van der Waals surface area contributed by atoms with Crippen molar-refractivity contribution in [3.05, 3.63) is 23.9 Å². The van der Waals surface area contributed by atoms with Crippen LogP contribution in [0.1, 0.15) is 49.9 Å². The molecular weight excluding hydrogens is 228 g/mol. The predicted molar refractivity (Wildman–Crippen MR) is 70.9 cm³/mol. The van der Waals surface area contributed by atoms with Crippen molar-refractivity contribution >= 4 is 11.8 Å². The summed E-state index contributed by atoms with van der Waals surface area (Å²) in [7, 11) is 0. The minimum absolute atomic E-state index is 0.226. The van der Waals surface area contributed by atoms with Gasteiger partial charge in [-0.15, -0.1) is 0 Å². The van der Waals surface area contributed by atoms with Crippen LogP contribution in [0.2, 0.25) is 0 Å². The van der Waals surface area contributed by atoms with Gasteiger partial charge in [0.15, 0.2) is 0 Å². The monoisotopic (exact) mass is 248 g/mol. The van der Waals surface area contributed by atoms with Crippen molar-refractivity contribution in [2.45, 2.75) is 45.6 Å². The van der Waals surface area contributed by atoms with Gasteiger partial charge in [0.25, 0.3) is 0 Å². The van der Waals surface area contributed by atoms with Crippen molar-refractivity contribution < 1.29 is 9.90 Å². The average Bonchev–Trinajstić information content (AvgIpc) is 2.28. The Morgan fingerprint density at radius 2 is 2.28 bits per heavy atom. The Balaban J connectivity index is 1.99. The summed E-state index contributed by atoms with van der Waals surface area (Å²) >= 11 is 0. The van der Waals surface area contributed by atoms with Crippen molar-refractivity contribution in [1.29, 1.82) is 0 Å². The normalized spacial score (nSPS) is 22.4. The number of pyridine rings is 1. The molecule has 1 saturated carbocycles. The van der Waals surface area contributed by atoms with Crippen molar-refractivity contribution in [3.63, 3.8) is 0 Å². The number of anilines is 1. The Morgan fingerprint density at radius 3 is 2.83 bits per heavy atom. The number of hydrogen-bond acceptors (Lipinski definition) is 3. The summed E-state index contributed by atoms with van der Waals surface area (Å²) in [5, 5.41) is 12.2. The molecule has 0 spiro atoms. The van der Waals surface area contributed by atoms with Gasteiger partial charge in [0.2, 0.25) is 0 Å². The summed E-state index contributed by atoms with van der Waals surface area (Å²) in [5.41, 5.74) is 0.612. The van der Waals surface area contributed by atoms with Gasteiger partial charge in [-0.25, -0.2) is 9.78 Å². The van der Waals surface area contributed by atoms with Crippen LogP contribution in [-0.4, -0.2) is 22.1 Å². The van der Waals surface area contributed by atoms with Gasteiger partial charge in [0.05, 0.1) is 5.56 Å². The molecule has 1 aliphatic rings. The predicted octanol–water partition coefficient (Wildman–Crippen LogP) is 3.16. The van der Waals surface area contributed by atoms with Crippen molar-refractivity contribution in [2.75, 3.05) is 5.32 Å². The first-order valence-electron chi connectivity index (χ1n) is 6.42. The molecule has 0 saturated heterocycles. The second kappa shape index (κ2) is 4.96. The Bertz CT molecular complexity index is 426. The molecule has 18 heavy (non-hydrogen) atoms. The zero-order chi connectivity index (χ0) is 13.2. The van der Waals surface area contributed by atoms with E-state index in [1.807, 2.05) is 0 Å². The molecule has 4 heteroatoms. The number of aromatic nitrogens is 1.